The van der Waals surface area contributed by atoms with Crippen molar-refractivity contribution < 1.29 is 19.4 Å². The highest BCUT2D eigenvalue weighted by Crippen LogP contribution is 2.27. The Balaban J connectivity index is 1.53. The highest BCUT2D eigenvalue weighted by atomic mass is 79.9. The Morgan fingerprint density at radius 2 is 2.09 bits per heavy atom. The number of carbonyl (C=O) groups excluding carboxylic acids is 1. The number of hydrogen-bond acceptors (Lipinski definition) is 7. The SMILES string of the molecule is O=C(c1cccc(Br)c1)N(CCN1CCOCC1)Cc1cc(Cl)ccc1OCc1nc(CO)cs1. The van der Waals surface area contributed by atoms with Crippen molar-refractivity contribution in [1.29, 1.82) is 0 Å². The number of aliphatic hydroxyl groups is 1. The summed E-state index contributed by atoms with van der Waals surface area (Å²) in [6.07, 6.45) is 0. The second kappa shape index (κ2) is 12.8. The standard InChI is InChI=1S/C25H27BrClN3O4S/c26-20-3-1-2-18(12-20)25(32)30(7-6-29-8-10-33-11-9-29)14-19-13-21(27)4-5-23(19)34-16-24-28-22(15-31)17-35-24/h1-5,12-13,17,31H,6-11,14-16H2. The van der Waals surface area contributed by atoms with Crippen molar-refractivity contribution in [3.63, 3.8) is 0 Å². The number of rotatable bonds is 10. The van der Waals surface area contributed by atoms with Crippen LogP contribution in [0, 0.1) is 0 Å². The summed E-state index contributed by atoms with van der Waals surface area (Å²) in [6.45, 7) is 4.96. The first-order valence-corrected chi connectivity index (χ1v) is 13.4. The highest BCUT2D eigenvalue weighted by molar-refractivity contribution is 9.10. The lowest BCUT2D eigenvalue weighted by molar-refractivity contribution is 0.0320. The van der Waals surface area contributed by atoms with Gasteiger partial charge in [0.2, 0.25) is 0 Å². The number of halogens is 2. The minimum Gasteiger partial charge on any atom is -0.486 e. The van der Waals surface area contributed by atoms with E-state index in [-0.39, 0.29) is 19.1 Å². The molecule has 2 aromatic carbocycles. The molecule has 0 bridgehead atoms. The second-order valence-corrected chi connectivity index (χ2v) is 10.4. The Morgan fingerprint density at radius 3 is 2.83 bits per heavy atom. The van der Waals surface area contributed by atoms with Crippen LogP contribution in [0.15, 0.2) is 52.3 Å². The van der Waals surface area contributed by atoms with Gasteiger partial charge in [-0.05, 0) is 36.4 Å². The molecule has 1 aliphatic heterocycles. The number of hydrogen-bond donors (Lipinski definition) is 1. The van der Waals surface area contributed by atoms with Gasteiger partial charge in [-0.2, -0.15) is 0 Å². The molecule has 0 spiro atoms. The van der Waals surface area contributed by atoms with Gasteiger partial charge in [0.15, 0.2) is 0 Å². The van der Waals surface area contributed by atoms with Crippen LogP contribution in [0.5, 0.6) is 5.75 Å². The third-order valence-corrected chi connectivity index (χ3v) is 7.24. The van der Waals surface area contributed by atoms with Crippen LogP contribution in [0.2, 0.25) is 5.02 Å². The van der Waals surface area contributed by atoms with Crippen LogP contribution >= 0.6 is 38.9 Å². The number of amides is 1. The fourth-order valence-electron chi connectivity index (χ4n) is 3.79. The van der Waals surface area contributed by atoms with E-state index in [0.29, 0.717) is 48.3 Å². The van der Waals surface area contributed by atoms with Gasteiger partial charge in [-0.25, -0.2) is 4.98 Å². The minimum absolute atomic E-state index is 0.0574. The average molecular weight is 581 g/mol. The number of benzene rings is 2. The molecule has 0 unspecified atom stereocenters. The van der Waals surface area contributed by atoms with E-state index in [1.54, 1.807) is 6.07 Å². The number of aromatic nitrogens is 1. The van der Waals surface area contributed by atoms with Crippen molar-refractivity contribution in [1.82, 2.24) is 14.8 Å². The molecule has 1 fully saturated rings. The van der Waals surface area contributed by atoms with E-state index in [2.05, 4.69) is 25.8 Å². The molecule has 3 aromatic rings. The van der Waals surface area contributed by atoms with E-state index in [4.69, 9.17) is 21.1 Å². The fourth-order valence-corrected chi connectivity index (χ4v) is 5.08. The molecule has 0 aliphatic carbocycles. The Hall–Kier alpha value is -2.01. The topological polar surface area (TPSA) is 75.1 Å². The maximum Gasteiger partial charge on any atom is 0.254 e. The normalized spacial score (nSPS) is 14.1. The van der Waals surface area contributed by atoms with Crippen molar-refractivity contribution in [2.75, 3.05) is 39.4 Å². The molecule has 2 heterocycles. The predicted molar refractivity (Wildman–Crippen MR) is 140 cm³/mol. The molecule has 4 rings (SSSR count). The van der Waals surface area contributed by atoms with Gasteiger partial charge in [-0.1, -0.05) is 33.6 Å². The summed E-state index contributed by atoms with van der Waals surface area (Å²) in [7, 11) is 0. The number of thiazole rings is 1. The van der Waals surface area contributed by atoms with Crippen molar-refractivity contribution in [3.8, 4) is 5.75 Å². The number of morpholine rings is 1. The van der Waals surface area contributed by atoms with Gasteiger partial charge >= 0.3 is 0 Å². The maximum atomic E-state index is 13.5. The van der Waals surface area contributed by atoms with Gasteiger partial charge in [-0.15, -0.1) is 11.3 Å². The summed E-state index contributed by atoms with van der Waals surface area (Å²) in [5.74, 6) is 0.589. The van der Waals surface area contributed by atoms with E-state index in [1.165, 1.54) is 11.3 Å². The lowest BCUT2D eigenvalue weighted by Crippen LogP contribution is -2.43. The predicted octanol–water partition coefficient (Wildman–Crippen LogP) is 4.60. The molecule has 1 saturated heterocycles. The van der Waals surface area contributed by atoms with Gasteiger partial charge in [0.1, 0.15) is 17.4 Å². The Bertz CT molecular complexity index is 1140. The first kappa shape index (κ1) is 26.1. The minimum atomic E-state index is -0.0987. The van der Waals surface area contributed by atoms with Gasteiger partial charge in [-0.3, -0.25) is 9.69 Å². The maximum absolute atomic E-state index is 13.5. The van der Waals surface area contributed by atoms with E-state index >= 15 is 0 Å². The largest absolute Gasteiger partial charge is 0.486 e. The Morgan fingerprint density at radius 1 is 1.26 bits per heavy atom. The molecular formula is C25H27BrClN3O4S. The summed E-state index contributed by atoms with van der Waals surface area (Å²) in [5, 5.41) is 12.4. The van der Waals surface area contributed by atoms with Gasteiger partial charge in [0.25, 0.3) is 5.91 Å². The average Bonchev–Trinajstić information content (AvgIpc) is 3.34. The fraction of sp³-hybridized carbons (Fsp3) is 0.360. The van der Waals surface area contributed by atoms with Gasteiger partial charge in [0, 0.05) is 58.7 Å². The highest BCUT2D eigenvalue weighted by Gasteiger charge is 2.21. The van der Waals surface area contributed by atoms with Crippen LogP contribution in [0.25, 0.3) is 0 Å². The summed E-state index contributed by atoms with van der Waals surface area (Å²) in [4.78, 5) is 22.0. The molecule has 1 amide bonds. The lowest BCUT2D eigenvalue weighted by atomic mass is 10.1. The quantitative estimate of drug-likeness (QED) is 0.378. The van der Waals surface area contributed by atoms with Gasteiger partial charge < -0.3 is 19.5 Å². The van der Waals surface area contributed by atoms with Crippen LogP contribution in [-0.4, -0.2) is 65.2 Å². The zero-order valence-electron chi connectivity index (χ0n) is 19.2. The Labute approximate surface area is 222 Å². The van der Waals surface area contributed by atoms with E-state index in [9.17, 15) is 9.90 Å². The number of ether oxygens (including phenoxy) is 2. The van der Waals surface area contributed by atoms with Crippen LogP contribution in [0.1, 0.15) is 26.6 Å². The summed E-state index contributed by atoms with van der Waals surface area (Å²) < 4.78 is 12.4. The molecule has 7 nitrogen and oxygen atoms in total. The third-order valence-electron chi connectivity index (χ3n) is 5.64. The van der Waals surface area contributed by atoms with Crippen molar-refractivity contribution in [2.24, 2.45) is 0 Å². The summed E-state index contributed by atoms with van der Waals surface area (Å²) in [5.41, 5.74) is 2.06. The van der Waals surface area contributed by atoms with Gasteiger partial charge in [0.05, 0.1) is 25.5 Å². The first-order valence-electron chi connectivity index (χ1n) is 11.3. The second-order valence-electron chi connectivity index (χ2n) is 8.12. The third kappa shape index (κ3) is 7.49. The molecular weight excluding hydrogens is 554 g/mol. The first-order chi connectivity index (χ1) is 17.0. The van der Waals surface area contributed by atoms with E-state index < -0.39 is 0 Å². The molecule has 1 aliphatic rings. The lowest BCUT2D eigenvalue weighted by Gasteiger charge is -2.30. The molecule has 0 radical (unpaired) electrons. The number of aliphatic hydroxyl groups excluding tert-OH is 1. The molecule has 1 N–H and O–H groups in total. The molecule has 35 heavy (non-hydrogen) atoms. The van der Waals surface area contributed by atoms with Crippen LogP contribution in [0.3, 0.4) is 0 Å². The molecule has 186 valence electrons. The molecule has 0 atom stereocenters. The number of carbonyl (C=O) groups is 1. The summed E-state index contributed by atoms with van der Waals surface area (Å²) >= 11 is 11.2. The number of nitrogens with zero attached hydrogens (tertiary/aromatic N) is 3. The Kier molecular flexibility index (Phi) is 9.53. The zero-order chi connectivity index (χ0) is 24.6. The van der Waals surface area contributed by atoms with Crippen molar-refractivity contribution in [2.45, 2.75) is 19.8 Å². The van der Waals surface area contributed by atoms with E-state index in [1.807, 2.05) is 46.7 Å². The molecule has 0 saturated carbocycles. The smallest absolute Gasteiger partial charge is 0.254 e. The monoisotopic (exact) mass is 579 g/mol. The van der Waals surface area contributed by atoms with Crippen LogP contribution in [-0.2, 0) is 24.5 Å². The van der Waals surface area contributed by atoms with Crippen LogP contribution < -0.4 is 4.74 Å². The van der Waals surface area contributed by atoms with Crippen molar-refractivity contribution >= 4 is 44.8 Å². The molecule has 10 heteroatoms. The zero-order valence-corrected chi connectivity index (χ0v) is 22.3. The van der Waals surface area contributed by atoms with E-state index in [0.717, 1.165) is 34.7 Å². The molecule has 1 aromatic heterocycles. The van der Waals surface area contributed by atoms with Crippen LogP contribution in [0.4, 0.5) is 0 Å². The summed E-state index contributed by atoms with van der Waals surface area (Å²) in [6, 6.07) is 12.9. The van der Waals surface area contributed by atoms with Crippen molar-refractivity contribution in [3.05, 3.63) is 79.2 Å².